The molecule has 2 N–H and O–H groups in total. The Morgan fingerprint density at radius 2 is 1.66 bits per heavy atom. The predicted molar refractivity (Wildman–Crippen MR) is 119 cm³/mol. The van der Waals surface area contributed by atoms with Crippen LogP contribution in [0.5, 0.6) is 0 Å². The fraction of sp³-hybridized carbons (Fsp3) is 0.0870. The molecular weight excluding hydrogens is 382 g/mol. The van der Waals surface area contributed by atoms with Gasteiger partial charge in [-0.15, -0.1) is 11.8 Å². The minimum absolute atomic E-state index is 0.117. The maximum Gasteiger partial charge on any atom is 0.248 e. The number of amides is 2. The summed E-state index contributed by atoms with van der Waals surface area (Å²) in [5.41, 5.74) is 3.51. The van der Waals surface area contributed by atoms with Crippen LogP contribution < -0.4 is 10.6 Å². The molecule has 2 amide bonds. The van der Waals surface area contributed by atoms with Crippen LogP contribution in [0.2, 0.25) is 0 Å². The number of rotatable bonds is 7. The molecule has 3 aromatic rings. The Hall–Kier alpha value is -3.38. The van der Waals surface area contributed by atoms with Gasteiger partial charge in [0.25, 0.3) is 0 Å². The first kappa shape index (κ1) is 20.4. The molecule has 0 bridgehead atoms. The second-order valence-electron chi connectivity index (χ2n) is 6.30. The molecule has 0 saturated heterocycles. The summed E-state index contributed by atoms with van der Waals surface area (Å²) in [6.45, 7) is 1.46. The van der Waals surface area contributed by atoms with Gasteiger partial charge < -0.3 is 10.6 Å². The molecule has 0 aliphatic rings. The summed E-state index contributed by atoms with van der Waals surface area (Å²) < 4.78 is 0. The van der Waals surface area contributed by atoms with Crippen LogP contribution >= 0.6 is 11.8 Å². The zero-order valence-corrected chi connectivity index (χ0v) is 16.8. The summed E-state index contributed by atoms with van der Waals surface area (Å²) in [4.78, 5) is 28.4. The van der Waals surface area contributed by atoms with Crippen LogP contribution in [0, 0.1) is 0 Å². The maximum absolute atomic E-state index is 12.1. The Kier molecular flexibility index (Phi) is 7.19. The summed E-state index contributed by atoms with van der Waals surface area (Å²) in [5, 5.41) is 5.55. The number of pyridine rings is 1. The lowest BCUT2D eigenvalue weighted by Gasteiger charge is -2.05. The second kappa shape index (κ2) is 10.2. The standard InChI is InChI=1S/C23H21N3O2S/c1-17(27)25-20-7-4-18(5-8-20)6-13-23(28)26-21-9-11-22(12-10-21)29-16-19-3-2-14-24-15-19/h2-15H,16H2,1H3,(H,25,27)(H,26,28)/b13-6+. The van der Waals surface area contributed by atoms with Crippen LogP contribution in [0.4, 0.5) is 11.4 Å². The monoisotopic (exact) mass is 403 g/mol. The minimum Gasteiger partial charge on any atom is -0.326 e. The molecule has 1 heterocycles. The third-order valence-corrected chi connectivity index (χ3v) is 4.99. The van der Waals surface area contributed by atoms with Crippen molar-refractivity contribution < 1.29 is 9.59 Å². The van der Waals surface area contributed by atoms with Crippen LogP contribution in [0.25, 0.3) is 6.08 Å². The van der Waals surface area contributed by atoms with E-state index in [1.54, 1.807) is 36.2 Å². The molecule has 0 spiro atoms. The van der Waals surface area contributed by atoms with E-state index < -0.39 is 0 Å². The summed E-state index contributed by atoms with van der Waals surface area (Å²) in [6.07, 6.45) is 6.84. The summed E-state index contributed by atoms with van der Waals surface area (Å²) in [7, 11) is 0. The van der Waals surface area contributed by atoms with Crippen LogP contribution in [0.3, 0.4) is 0 Å². The zero-order valence-electron chi connectivity index (χ0n) is 16.0. The zero-order chi connectivity index (χ0) is 20.5. The fourth-order valence-electron chi connectivity index (χ4n) is 2.52. The van der Waals surface area contributed by atoms with E-state index in [0.717, 1.165) is 27.6 Å². The number of thioether (sulfide) groups is 1. The highest BCUT2D eigenvalue weighted by atomic mass is 32.2. The smallest absolute Gasteiger partial charge is 0.248 e. The Morgan fingerprint density at radius 3 is 2.31 bits per heavy atom. The van der Waals surface area contributed by atoms with E-state index in [2.05, 4.69) is 15.6 Å². The number of carbonyl (C=O) groups excluding carboxylic acids is 2. The van der Waals surface area contributed by atoms with Crippen molar-refractivity contribution in [2.45, 2.75) is 17.6 Å². The van der Waals surface area contributed by atoms with Gasteiger partial charge in [0.05, 0.1) is 0 Å². The number of anilines is 2. The molecule has 0 unspecified atom stereocenters. The number of nitrogens with zero attached hydrogens (tertiary/aromatic N) is 1. The highest BCUT2D eigenvalue weighted by Crippen LogP contribution is 2.24. The molecule has 0 fully saturated rings. The fourth-order valence-corrected chi connectivity index (χ4v) is 3.35. The van der Waals surface area contributed by atoms with Crippen molar-refractivity contribution in [2.24, 2.45) is 0 Å². The van der Waals surface area contributed by atoms with Crippen molar-refractivity contribution in [1.29, 1.82) is 0 Å². The summed E-state index contributed by atoms with van der Waals surface area (Å²) >= 11 is 1.72. The van der Waals surface area contributed by atoms with Gasteiger partial charge in [0, 0.05) is 47.4 Å². The van der Waals surface area contributed by atoms with Gasteiger partial charge in [-0.2, -0.15) is 0 Å². The minimum atomic E-state index is -0.202. The average Bonchev–Trinajstić information content (AvgIpc) is 2.73. The van der Waals surface area contributed by atoms with Crippen molar-refractivity contribution >= 4 is 41.0 Å². The van der Waals surface area contributed by atoms with E-state index in [-0.39, 0.29) is 11.8 Å². The number of aromatic nitrogens is 1. The van der Waals surface area contributed by atoms with Crippen molar-refractivity contribution in [1.82, 2.24) is 4.98 Å². The molecule has 6 heteroatoms. The Morgan fingerprint density at radius 1 is 0.966 bits per heavy atom. The van der Waals surface area contributed by atoms with E-state index in [4.69, 9.17) is 0 Å². The molecule has 1 aromatic heterocycles. The number of benzene rings is 2. The second-order valence-corrected chi connectivity index (χ2v) is 7.35. The highest BCUT2D eigenvalue weighted by molar-refractivity contribution is 7.98. The lowest BCUT2D eigenvalue weighted by molar-refractivity contribution is -0.114. The van der Waals surface area contributed by atoms with Crippen molar-refractivity contribution in [3.63, 3.8) is 0 Å². The summed E-state index contributed by atoms with van der Waals surface area (Å²) in [5.74, 6) is 0.532. The molecule has 146 valence electrons. The normalized spacial score (nSPS) is 10.7. The molecular formula is C23H21N3O2S. The first-order chi connectivity index (χ1) is 14.1. The molecule has 0 atom stereocenters. The predicted octanol–water partition coefficient (Wildman–Crippen LogP) is 4.98. The van der Waals surface area contributed by atoms with Gasteiger partial charge in [-0.05, 0) is 59.7 Å². The van der Waals surface area contributed by atoms with Gasteiger partial charge in [0.1, 0.15) is 0 Å². The van der Waals surface area contributed by atoms with E-state index in [0.29, 0.717) is 0 Å². The lowest BCUT2D eigenvalue weighted by atomic mass is 10.2. The first-order valence-electron chi connectivity index (χ1n) is 9.07. The largest absolute Gasteiger partial charge is 0.326 e. The van der Waals surface area contributed by atoms with Gasteiger partial charge in [-0.25, -0.2) is 0 Å². The Bertz CT molecular complexity index is 985. The topological polar surface area (TPSA) is 71.1 Å². The van der Waals surface area contributed by atoms with Crippen molar-refractivity contribution in [3.8, 4) is 0 Å². The number of hydrogen-bond donors (Lipinski definition) is 2. The van der Waals surface area contributed by atoms with Crippen LogP contribution in [0.1, 0.15) is 18.1 Å². The maximum atomic E-state index is 12.1. The van der Waals surface area contributed by atoms with E-state index in [1.807, 2.05) is 54.7 Å². The van der Waals surface area contributed by atoms with Gasteiger partial charge >= 0.3 is 0 Å². The van der Waals surface area contributed by atoms with Crippen molar-refractivity contribution in [2.75, 3.05) is 10.6 Å². The molecule has 0 saturated carbocycles. The Labute approximate surface area is 174 Å². The number of hydrogen-bond acceptors (Lipinski definition) is 4. The SMILES string of the molecule is CC(=O)Nc1ccc(/C=C/C(=O)Nc2ccc(SCc3cccnc3)cc2)cc1. The van der Waals surface area contributed by atoms with E-state index in [9.17, 15) is 9.59 Å². The Balaban J connectivity index is 1.49. The van der Waals surface area contributed by atoms with Gasteiger partial charge in [-0.1, -0.05) is 18.2 Å². The third kappa shape index (κ3) is 6.93. The summed E-state index contributed by atoms with van der Waals surface area (Å²) in [6, 6.07) is 19.0. The van der Waals surface area contributed by atoms with Crippen LogP contribution in [-0.4, -0.2) is 16.8 Å². The lowest BCUT2D eigenvalue weighted by Crippen LogP contribution is -2.07. The molecule has 2 aromatic carbocycles. The molecule has 29 heavy (non-hydrogen) atoms. The van der Waals surface area contributed by atoms with Crippen LogP contribution in [0.15, 0.2) is 84.0 Å². The first-order valence-corrected chi connectivity index (χ1v) is 10.1. The van der Waals surface area contributed by atoms with Crippen LogP contribution in [-0.2, 0) is 15.3 Å². The molecule has 0 aliphatic carbocycles. The van der Waals surface area contributed by atoms with Crippen molar-refractivity contribution in [3.05, 3.63) is 90.3 Å². The molecule has 5 nitrogen and oxygen atoms in total. The number of nitrogens with one attached hydrogen (secondary N) is 2. The number of carbonyl (C=O) groups is 2. The quantitative estimate of drug-likeness (QED) is 0.431. The van der Waals surface area contributed by atoms with Gasteiger partial charge in [-0.3, -0.25) is 14.6 Å². The third-order valence-electron chi connectivity index (χ3n) is 3.91. The highest BCUT2D eigenvalue weighted by Gasteiger charge is 2.01. The molecule has 0 aliphatic heterocycles. The molecule has 0 radical (unpaired) electrons. The van der Waals surface area contributed by atoms with E-state index in [1.165, 1.54) is 18.6 Å². The molecule has 3 rings (SSSR count). The van der Waals surface area contributed by atoms with E-state index >= 15 is 0 Å². The van der Waals surface area contributed by atoms with Gasteiger partial charge in [0.15, 0.2) is 0 Å². The van der Waals surface area contributed by atoms with Gasteiger partial charge in [0.2, 0.25) is 11.8 Å². The average molecular weight is 404 g/mol.